The summed E-state index contributed by atoms with van der Waals surface area (Å²) < 4.78 is 1.26. The smallest absolute Gasteiger partial charge is 0.261 e. The first-order valence-corrected chi connectivity index (χ1v) is 8.29. The van der Waals surface area contributed by atoms with Gasteiger partial charge in [-0.05, 0) is 30.8 Å². The molecule has 0 aliphatic rings. The molecule has 0 saturated carbocycles. The topological polar surface area (TPSA) is 88.0 Å². The second-order valence-corrected chi connectivity index (χ2v) is 5.74. The standard InChI is InChI=1S/C16H21N5O2S/c1-2-3-6-9-17-16(24)20-19-14(22)10-21-11-18-13-8-5-4-7-12(13)15(21)23/h4-5,7-8,11H,2-3,6,9-10H2,1H3,(H,19,22)(H2,17,20,24). The van der Waals surface area contributed by atoms with E-state index in [0.717, 1.165) is 25.8 Å². The second kappa shape index (κ2) is 8.97. The van der Waals surface area contributed by atoms with Crippen LogP contribution < -0.4 is 21.7 Å². The number of nitrogens with one attached hydrogen (secondary N) is 3. The fraction of sp³-hybridized carbons (Fsp3) is 0.375. The first kappa shape index (κ1) is 17.9. The third-order valence-electron chi connectivity index (χ3n) is 3.43. The first-order chi connectivity index (χ1) is 11.6. The van der Waals surface area contributed by atoms with Gasteiger partial charge in [-0.3, -0.25) is 25.0 Å². The molecule has 0 saturated heterocycles. The summed E-state index contributed by atoms with van der Waals surface area (Å²) in [6.45, 7) is 2.74. The van der Waals surface area contributed by atoms with E-state index in [9.17, 15) is 9.59 Å². The Balaban J connectivity index is 1.85. The molecule has 24 heavy (non-hydrogen) atoms. The van der Waals surface area contributed by atoms with Gasteiger partial charge in [-0.1, -0.05) is 31.9 Å². The summed E-state index contributed by atoms with van der Waals surface area (Å²) in [7, 11) is 0. The third-order valence-corrected chi connectivity index (χ3v) is 3.67. The van der Waals surface area contributed by atoms with Crippen LogP contribution in [0.4, 0.5) is 0 Å². The fourth-order valence-electron chi connectivity index (χ4n) is 2.16. The Morgan fingerprint density at radius 1 is 1.25 bits per heavy atom. The number of para-hydroxylation sites is 1. The predicted octanol–water partition coefficient (Wildman–Crippen LogP) is 1.08. The maximum atomic E-state index is 12.3. The number of rotatable bonds is 6. The predicted molar refractivity (Wildman–Crippen MR) is 97.4 cm³/mol. The number of benzene rings is 1. The van der Waals surface area contributed by atoms with Gasteiger partial charge in [0.15, 0.2) is 5.11 Å². The molecule has 3 N–H and O–H groups in total. The van der Waals surface area contributed by atoms with E-state index in [0.29, 0.717) is 16.0 Å². The van der Waals surface area contributed by atoms with Gasteiger partial charge in [0, 0.05) is 6.54 Å². The van der Waals surface area contributed by atoms with E-state index in [4.69, 9.17) is 12.2 Å². The molecule has 1 amide bonds. The molecule has 0 aliphatic heterocycles. The molecule has 1 aromatic carbocycles. The van der Waals surface area contributed by atoms with Crippen molar-refractivity contribution < 1.29 is 4.79 Å². The van der Waals surface area contributed by atoms with E-state index in [1.54, 1.807) is 18.2 Å². The molecule has 1 heterocycles. The lowest BCUT2D eigenvalue weighted by atomic mass is 10.2. The van der Waals surface area contributed by atoms with Crippen LogP contribution in [0.15, 0.2) is 35.4 Å². The number of hydrogen-bond donors (Lipinski definition) is 3. The lowest BCUT2D eigenvalue weighted by Crippen LogP contribution is -2.48. The Hall–Kier alpha value is -2.48. The van der Waals surface area contributed by atoms with Crippen LogP contribution in [0.2, 0.25) is 0 Å². The second-order valence-electron chi connectivity index (χ2n) is 5.33. The largest absolute Gasteiger partial charge is 0.361 e. The number of thiocarbonyl (C=S) groups is 1. The van der Waals surface area contributed by atoms with Crippen molar-refractivity contribution in [1.82, 2.24) is 25.7 Å². The van der Waals surface area contributed by atoms with Crippen LogP contribution in [0.5, 0.6) is 0 Å². The Morgan fingerprint density at radius 3 is 2.83 bits per heavy atom. The molecule has 2 aromatic rings. The zero-order valence-electron chi connectivity index (χ0n) is 13.5. The Bertz CT molecular complexity index is 774. The molecule has 7 nitrogen and oxygen atoms in total. The average molecular weight is 347 g/mol. The van der Waals surface area contributed by atoms with Crippen molar-refractivity contribution in [2.24, 2.45) is 0 Å². The number of aromatic nitrogens is 2. The van der Waals surface area contributed by atoms with Crippen LogP contribution in [0.1, 0.15) is 26.2 Å². The van der Waals surface area contributed by atoms with Crippen LogP contribution in [-0.2, 0) is 11.3 Å². The third kappa shape index (κ3) is 5.02. The highest BCUT2D eigenvalue weighted by atomic mass is 32.1. The van der Waals surface area contributed by atoms with E-state index in [1.165, 1.54) is 10.9 Å². The number of carbonyl (C=O) groups is 1. The summed E-state index contributed by atoms with van der Waals surface area (Å²) in [6.07, 6.45) is 4.64. The summed E-state index contributed by atoms with van der Waals surface area (Å²) in [5, 5.41) is 3.83. The minimum absolute atomic E-state index is 0.137. The van der Waals surface area contributed by atoms with Gasteiger partial charge in [0.2, 0.25) is 0 Å². The van der Waals surface area contributed by atoms with Gasteiger partial charge in [-0.2, -0.15) is 0 Å². The fourth-order valence-corrected chi connectivity index (χ4v) is 2.31. The minimum Gasteiger partial charge on any atom is -0.361 e. The van der Waals surface area contributed by atoms with Crippen molar-refractivity contribution in [3.63, 3.8) is 0 Å². The molecule has 0 bridgehead atoms. The van der Waals surface area contributed by atoms with Gasteiger partial charge < -0.3 is 5.32 Å². The van der Waals surface area contributed by atoms with Gasteiger partial charge in [-0.25, -0.2) is 4.98 Å². The van der Waals surface area contributed by atoms with Gasteiger partial charge in [0.25, 0.3) is 11.5 Å². The lowest BCUT2D eigenvalue weighted by molar-refractivity contribution is -0.122. The number of carbonyl (C=O) groups excluding carboxylic acids is 1. The van der Waals surface area contributed by atoms with Crippen LogP contribution in [0.3, 0.4) is 0 Å². The molecule has 8 heteroatoms. The van der Waals surface area contributed by atoms with Gasteiger partial charge in [0.05, 0.1) is 17.2 Å². The molecular formula is C16H21N5O2S. The van der Waals surface area contributed by atoms with E-state index in [1.807, 2.05) is 6.07 Å². The molecule has 0 atom stereocenters. The van der Waals surface area contributed by atoms with Crippen LogP contribution in [0, 0.1) is 0 Å². The lowest BCUT2D eigenvalue weighted by Gasteiger charge is -2.12. The number of nitrogens with zero attached hydrogens (tertiary/aromatic N) is 2. The Labute approximate surface area is 145 Å². The van der Waals surface area contributed by atoms with Gasteiger partial charge in [0.1, 0.15) is 6.54 Å². The number of hydrogen-bond acceptors (Lipinski definition) is 4. The van der Waals surface area contributed by atoms with Crippen molar-refractivity contribution in [2.75, 3.05) is 6.54 Å². The van der Waals surface area contributed by atoms with E-state index in [-0.39, 0.29) is 18.0 Å². The molecule has 0 radical (unpaired) electrons. The molecule has 1 aromatic heterocycles. The zero-order valence-corrected chi connectivity index (χ0v) is 14.4. The zero-order chi connectivity index (χ0) is 17.4. The summed E-state index contributed by atoms with van der Waals surface area (Å²) in [5.74, 6) is -0.383. The SMILES string of the molecule is CCCCCNC(=S)NNC(=O)Cn1cnc2ccccc2c1=O. The number of amides is 1. The minimum atomic E-state index is -0.383. The monoisotopic (exact) mass is 347 g/mol. The molecule has 0 aliphatic carbocycles. The van der Waals surface area contributed by atoms with Gasteiger partial charge >= 0.3 is 0 Å². The van der Waals surface area contributed by atoms with E-state index < -0.39 is 0 Å². The molecule has 128 valence electrons. The summed E-state index contributed by atoms with van der Waals surface area (Å²) >= 11 is 5.06. The first-order valence-electron chi connectivity index (χ1n) is 7.88. The van der Waals surface area contributed by atoms with Crippen molar-refractivity contribution in [2.45, 2.75) is 32.7 Å². The molecular weight excluding hydrogens is 326 g/mol. The number of unbranched alkanes of at least 4 members (excludes halogenated alkanes) is 2. The van der Waals surface area contributed by atoms with Gasteiger partial charge in [-0.15, -0.1) is 0 Å². The van der Waals surface area contributed by atoms with Crippen molar-refractivity contribution in [3.05, 3.63) is 40.9 Å². The van der Waals surface area contributed by atoms with E-state index >= 15 is 0 Å². The van der Waals surface area contributed by atoms with Crippen LogP contribution in [-0.4, -0.2) is 27.1 Å². The Morgan fingerprint density at radius 2 is 2.04 bits per heavy atom. The Kier molecular flexibility index (Phi) is 6.68. The van der Waals surface area contributed by atoms with Crippen LogP contribution >= 0.6 is 12.2 Å². The maximum absolute atomic E-state index is 12.3. The average Bonchev–Trinajstić information content (AvgIpc) is 2.59. The van der Waals surface area contributed by atoms with Crippen molar-refractivity contribution in [1.29, 1.82) is 0 Å². The summed E-state index contributed by atoms with van der Waals surface area (Å²) in [4.78, 5) is 28.4. The summed E-state index contributed by atoms with van der Waals surface area (Å²) in [5.41, 5.74) is 5.44. The van der Waals surface area contributed by atoms with Crippen molar-refractivity contribution >= 4 is 34.1 Å². The quantitative estimate of drug-likeness (QED) is 0.412. The van der Waals surface area contributed by atoms with E-state index in [2.05, 4.69) is 28.1 Å². The molecule has 0 unspecified atom stereocenters. The molecule has 2 rings (SSSR count). The van der Waals surface area contributed by atoms with Crippen molar-refractivity contribution in [3.8, 4) is 0 Å². The van der Waals surface area contributed by atoms with Crippen LogP contribution in [0.25, 0.3) is 10.9 Å². The summed E-state index contributed by atoms with van der Waals surface area (Å²) in [6, 6.07) is 7.02. The number of hydrazine groups is 1. The molecule has 0 fully saturated rings. The molecule has 0 spiro atoms. The maximum Gasteiger partial charge on any atom is 0.261 e. The highest BCUT2D eigenvalue weighted by molar-refractivity contribution is 7.80. The highest BCUT2D eigenvalue weighted by Crippen LogP contribution is 2.04. The number of fused-ring (bicyclic) bond motifs is 1. The normalized spacial score (nSPS) is 10.4. The highest BCUT2D eigenvalue weighted by Gasteiger charge is 2.08.